The molecule has 2 aromatic rings. The molecule has 0 aromatic heterocycles. The zero-order chi connectivity index (χ0) is 12.7. The van der Waals surface area contributed by atoms with Gasteiger partial charge in [-0.25, -0.2) is 0 Å². The van der Waals surface area contributed by atoms with Crippen molar-refractivity contribution in [3.63, 3.8) is 0 Å². The number of hydrogen-bond donors (Lipinski definition) is 0. The third kappa shape index (κ3) is 1.77. The SMILES string of the molecule is C1=Cc2cc(N3CCCc4ccccc43)ccc2C1. The average molecular weight is 247 g/mol. The van der Waals surface area contributed by atoms with Gasteiger partial charge in [-0.05, 0) is 54.2 Å². The normalized spacial score (nSPS) is 16.3. The fraction of sp³-hybridized carbons (Fsp3) is 0.222. The molecule has 1 nitrogen and oxygen atoms in total. The van der Waals surface area contributed by atoms with Crippen molar-refractivity contribution in [2.24, 2.45) is 0 Å². The van der Waals surface area contributed by atoms with Crippen LogP contribution >= 0.6 is 0 Å². The van der Waals surface area contributed by atoms with Crippen LogP contribution in [0.2, 0.25) is 0 Å². The molecule has 0 fully saturated rings. The molecule has 1 heteroatoms. The molecule has 2 aliphatic rings. The van der Waals surface area contributed by atoms with Crippen LogP contribution in [0.5, 0.6) is 0 Å². The molecule has 0 unspecified atom stereocenters. The quantitative estimate of drug-likeness (QED) is 0.724. The molecular weight excluding hydrogens is 230 g/mol. The van der Waals surface area contributed by atoms with Crippen LogP contribution in [0.3, 0.4) is 0 Å². The molecule has 0 spiro atoms. The van der Waals surface area contributed by atoms with Crippen molar-refractivity contribution < 1.29 is 0 Å². The highest BCUT2D eigenvalue weighted by molar-refractivity contribution is 5.72. The van der Waals surface area contributed by atoms with Gasteiger partial charge in [0.2, 0.25) is 0 Å². The third-order valence-electron chi connectivity index (χ3n) is 4.19. The molecule has 0 atom stereocenters. The number of allylic oxidation sites excluding steroid dienone is 1. The van der Waals surface area contributed by atoms with Crippen molar-refractivity contribution in [2.45, 2.75) is 19.3 Å². The Morgan fingerprint density at radius 2 is 1.89 bits per heavy atom. The van der Waals surface area contributed by atoms with Crippen LogP contribution in [0, 0.1) is 0 Å². The maximum Gasteiger partial charge on any atom is 0.0443 e. The highest BCUT2D eigenvalue weighted by Gasteiger charge is 2.18. The Labute approximate surface area is 114 Å². The first-order chi connectivity index (χ1) is 9.42. The molecule has 4 rings (SSSR count). The predicted molar refractivity (Wildman–Crippen MR) is 80.9 cm³/mol. The van der Waals surface area contributed by atoms with E-state index in [0.717, 1.165) is 13.0 Å². The fourth-order valence-corrected chi connectivity index (χ4v) is 3.21. The maximum absolute atomic E-state index is 2.46. The second-order valence-electron chi connectivity index (χ2n) is 5.37. The minimum atomic E-state index is 1.09. The van der Waals surface area contributed by atoms with Gasteiger partial charge in [0.1, 0.15) is 0 Å². The smallest absolute Gasteiger partial charge is 0.0443 e. The van der Waals surface area contributed by atoms with Gasteiger partial charge in [-0.15, -0.1) is 0 Å². The summed E-state index contributed by atoms with van der Waals surface area (Å²) in [4.78, 5) is 2.46. The first-order valence-corrected chi connectivity index (χ1v) is 7.07. The number of anilines is 2. The summed E-state index contributed by atoms with van der Waals surface area (Å²) >= 11 is 0. The number of para-hydroxylation sites is 1. The average Bonchev–Trinajstić information content (AvgIpc) is 2.94. The van der Waals surface area contributed by atoms with Gasteiger partial charge < -0.3 is 4.90 Å². The van der Waals surface area contributed by atoms with Gasteiger partial charge in [0, 0.05) is 17.9 Å². The summed E-state index contributed by atoms with van der Waals surface area (Å²) in [5.41, 5.74) is 7.03. The number of rotatable bonds is 1. The van der Waals surface area contributed by atoms with Crippen LogP contribution in [0.1, 0.15) is 23.1 Å². The Kier molecular flexibility index (Phi) is 2.44. The molecule has 1 aliphatic carbocycles. The molecule has 0 saturated heterocycles. The Hall–Kier alpha value is -2.02. The molecule has 0 amide bonds. The first kappa shape index (κ1) is 10.9. The van der Waals surface area contributed by atoms with Gasteiger partial charge in [0.25, 0.3) is 0 Å². The lowest BCUT2D eigenvalue weighted by Crippen LogP contribution is -2.24. The number of fused-ring (bicyclic) bond motifs is 2. The van der Waals surface area contributed by atoms with E-state index in [-0.39, 0.29) is 0 Å². The van der Waals surface area contributed by atoms with Crippen molar-refractivity contribution in [3.05, 3.63) is 65.2 Å². The van der Waals surface area contributed by atoms with E-state index in [0.29, 0.717) is 0 Å². The van der Waals surface area contributed by atoms with Crippen molar-refractivity contribution in [1.29, 1.82) is 0 Å². The minimum Gasteiger partial charge on any atom is -0.341 e. The summed E-state index contributed by atoms with van der Waals surface area (Å²) in [7, 11) is 0. The van der Waals surface area contributed by atoms with Crippen LogP contribution in [0.15, 0.2) is 48.5 Å². The molecular formula is C18H17N. The molecule has 2 aromatic carbocycles. The monoisotopic (exact) mass is 247 g/mol. The molecule has 0 saturated carbocycles. The number of nitrogens with zero attached hydrogens (tertiary/aromatic N) is 1. The highest BCUT2D eigenvalue weighted by atomic mass is 15.1. The zero-order valence-electron chi connectivity index (χ0n) is 11.0. The maximum atomic E-state index is 2.46. The lowest BCUT2D eigenvalue weighted by atomic mass is 10.0. The molecule has 1 heterocycles. The predicted octanol–water partition coefficient (Wildman–Crippen LogP) is 4.34. The molecule has 1 aliphatic heterocycles. The Balaban J connectivity index is 1.79. The zero-order valence-corrected chi connectivity index (χ0v) is 11.0. The number of hydrogen-bond acceptors (Lipinski definition) is 1. The molecule has 0 bridgehead atoms. The van der Waals surface area contributed by atoms with E-state index < -0.39 is 0 Å². The summed E-state index contributed by atoms with van der Waals surface area (Å²) in [6.07, 6.45) is 8.03. The van der Waals surface area contributed by atoms with Crippen molar-refractivity contribution in [1.82, 2.24) is 0 Å². The van der Waals surface area contributed by atoms with Gasteiger partial charge >= 0.3 is 0 Å². The second kappa shape index (κ2) is 4.27. The van der Waals surface area contributed by atoms with E-state index in [4.69, 9.17) is 0 Å². The van der Waals surface area contributed by atoms with Gasteiger partial charge in [0.15, 0.2) is 0 Å². The van der Waals surface area contributed by atoms with Crippen LogP contribution < -0.4 is 4.90 Å². The van der Waals surface area contributed by atoms with E-state index in [1.807, 2.05) is 0 Å². The van der Waals surface area contributed by atoms with Crippen LogP contribution in [-0.4, -0.2) is 6.54 Å². The summed E-state index contributed by atoms with van der Waals surface area (Å²) in [5.74, 6) is 0. The van der Waals surface area contributed by atoms with Crippen molar-refractivity contribution in [3.8, 4) is 0 Å². The van der Waals surface area contributed by atoms with Crippen LogP contribution in [-0.2, 0) is 12.8 Å². The van der Waals surface area contributed by atoms with E-state index in [1.54, 1.807) is 0 Å². The van der Waals surface area contributed by atoms with Gasteiger partial charge in [-0.1, -0.05) is 36.4 Å². The summed E-state index contributed by atoms with van der Waals surface area (Å²) in [6.45, 7) is 1.12. The topological polar surface area (TPSA) is 3.24 Å². The summed E-state index contributed by atoms with van der Waals surface area (Å²) < 4.78 is 0. The Morgan fingerprint density at radius 3 is 2.89 bits per heavy atom. The number of benzene rings is 2. The van der Waals surface area contributed by atoms with Crippen molar-refractivity contribution >= 4 is 17.5 Å². The number of aryl methyl sites for hydroxylation is 1. The van der Waals surface area contributed by atoms with Crippen LogP contribution in [0.4, 0.5) is 11.4 Å². The third-order valence-corrected chi connectivity index (χ3v) is 4.19. The highest BCUT2D eigenvalue weighted by Crippen LogP contribution is 2.35. The second-order valence-corrected chi connectivity index (χ2v) is 5.37. The van der Waals surface area contributed by atoms with E-state index in [1.165, 1.54) is 40.9 Å². The van der Waals surface area contributed by atoms with E-state index in [2.05, 4.69) is 59.5 Å². The van der Waals surface area contributed by atoms with E-state index >= 15 is 0 Å². The molecule has 0 N–H and O–H groups in total. The Bertz CT molecular complexity index is 654. The summed E-state index contributed by atoms with van der Waals surface area (Å²) in [6, 6.07) is 15.7. The molecule has 0 radical (unpaired) electrons. The van der Waals surface area contributed by atoms with Crippen LogP contribution in [0.25, 0.3) is 6.08 Å². The molecule has 94 valence electrons. The summed E-state index contributed by atoms with van der Waals surface area (Å²) in [5, 5.41) is 0. The van der Waals surface area contributed by atoms with Gasteiger partial charge in [-0.2, -0.15) is 0 Å². The van der Waals surface area contributed by atoms with Crippen molar-refractivity contribution in [2.75, 3.05) is 11.4 Å². The Morgan fingerprint density at radius 1 is 0.947 bits per heavy atom. The first-order valence-electron chi connectivity index (χ1n) is 7.07. The van der Waals surface area contributed by atoms with Gasteiger partial charge in [0.05, 0.1) is 0 Å². The molecule has 19 heavy (non-hydrogen) atoms. The lowest BCUT2D eigenvalue weighted by Gasteiger charge is -2.31. The minimum absolute atomic E-state index is 1.09. The van der Waals surface area contributed by atoms with E-state index in [9.17, 15) is 0 Å². The fourth-order valence-electron chi connectivity index (χ4n) is 3.21. The lowest BCUT2D eigenvalue weighted by molar-refractivity contribution is 0.767. The van der Waals surface area contributed by atoms with Gasteiger partial charge in [-0.3, -0.25) is 0 Å². The standard InChI is InChI=1S/C18H17N/c1-2-9-18-15(5-1)8-4-12-19(18)17-11-10-14-6-3-7-16(14)13-17/h1-3,5,7,9-11,13H,4,6,8,12H2. The largest absolute Gasteiger partial charge is 0.341 e.